The van der Waals surface area contributed by atoms with Gasteiger partial charge in [-0.1, -0.05) is 17.7 Å². The maximum absolute atomic E-state index is 13.7. The molecule has 1 aromatic heterocycles. The third-order valence-electron chi connectivity index (χ3n) is 3.55. The lowest BCUT2D eigenvalue weighted by molar-refractivity contribution is -0.123. The Hall–Kier alpha value is -2.51. The highest BCUT2D eigenvalue weighted by molar-refractivity contribution is 7.20. The van der Waals surface area contributed by atoms with Crippen molar-refractivity contribution < 1.29 is 23.1 Å². The highest BCUT2D eigenvalue weighted by Gasteiger charge is 2.22. The van der Waals surface area contributed by atoms with Crippen LogP contribution < -0.4 is 5.32 Å². The smallest absolute Gasteiger partial charge is 0.349 e. The number of carbonyl (C=O) groups excluding carboxylic acids is 2. The number of thiophene rings is 1. The van der Waals surface area contributed by atoms with Gasteiger partial charge in [0.25, 0.3) is 5.91 Å². The lowest BCUT2D eigenvalue weighted by atomic mass is 10.2. The van der Waals surface area contributed by atoms with Crippen LogP contribution in [0.4, 0.5) is 14.5 Å². The molecule has 0 fully saturated rings. The molecule has 0 aliphatic heterocycles. The van der Waals surface area contributed by atoms with Crippen LogP contribution in [0.25, 0.3) is 10.1 Å². The fourth-order valence-electron chi connectivity index (χ4n) is 2.22. The molecule has 1 heterocycles. The third kappa shape index (κ3) is 3.84. The van der Waals surface area contributed by atoms with Crippen LogP contribution in [0.3, 0.4) is 0 Å². The molecule has 3 aromatic rings. The quantitative estimate of drug-likeness (QED) is 0.631. The molecule has 1 N–H and O–H groups in total. The topological polar surface area (TPSA) is 55.4 Å². The van der Waals surface area contributed by atoms with Crippen LogP contribution in [0.15, 0.2) is 42.5 Å². The largest absolute Gasteiger partial charge is 0.448 e. The Kier molecular flexibility index (Phi) is 5.20. The van der Waals surface area contributed by atoms with Gasteiger partial charge in [-0.2, -0.15) is 0 Å². The first-order chi connectivity index (χ1) is 12.3. The number of halogens is 3. The van der Waals surface area contributed by atoms with E-state index >= 15 is 0 Å². The van der Waals surface area contributed by atoms with Crippen LogP contribution in [0.5, 0.6) is 0 Å². The number of anilines is 1. The Balaban J connectivity index is 1.69. The van der Waals surface area contributed by atoms with E-state index in [1.165, 1.54) is 31.2 Å². The summed E-state index contributed by atoms with van der Waals surface area (Å²) >= 11 is 6.71. The summed E-state index contributed by atoms with van der Waals surface area (Å²) < 4.78 is 33.1. The summed E-state index contributed by atoms with van der Waals surface area (Å²) in [7, 11) is 0. The zero-order valence-electron chi connectivity index (χ0n) is 13.4. The predicted octanol–water partition coefficient (Wildman–Crippen LogP) is 5.02. The number of carbonyl (C=O) groups is 2. The van der Waals surface area contributed by atoms with Gasteiger partial charge in [-0.3, -0.25) is 4.79 Å². The van der Waals surface area contributed by atoms with Gasteiger partial charge in [0.2, 0.25) is 0 Å². The number of nitrogens with one attached hydrogen (secondary N) is 1. The van der Waals surface area contributed by atoms with Crippen molar-refractivity contribution in [1.29, 1.82) is 0 Å². The molecule has 8 heteroatoms. The van der Waals surface area contributed by atoms with Crippen LogP contribution >= 0.6 is 22.9 Å². The third-order valence-corrected chi connectivity index (χ3v) is 4.87. The molecule has 1 amide bonds. The first kappa shape index (κ1) is 18.3. The lowest BCUT2D eigenvalue weighted by Crippen LogP contribution is -2.30. The Morgan fingerprint density at radius 3 is 2.62 bits per heavy atom. The standard InChI is InChI=1S/C18H12ClF2NO3S/c1-9(17(23)22-14-6-5-10(19)7-13(14)21)25-18(24)16-8-11-12(20)3-2-4-15(11)26-16/h2-9H,1H3,(H,22,23)/t9-/m1/s1. The highest BCUT2D eigenvalue weighted by Crippen LogP contribution is 2.28. The van der Waals surface area contributed by atoms with Gasteiger partial charge in [0.1, 0.15) is 16.5 Å². The first-order valence-corrected chi connectivity index (χ1v) is 8.69. The van der Waals surface area contributed by atoms with Crippen molar-refractivity contribution in [3.05, 3.63) is 64.0 Å². The van der Waals surface area contributed by atoms with Crippen molar-refractivity contribution >= 4 is 50.6 Å². The molecule has 0 unspecified atom stereocenters. The van der Waals surface area contributed by atoms with E-state index in [9.17, 15) is 18.4 Å². The Morgan fingerprint density at radius 2 is 1.92 bits per heavy atom. The van der Waals surface area contributed by atoms with Crippen molar-refractivity contribution in [2.24, 2.45) is 0 Å². The molecular formula is C18H12ClF2NO3S. The summed E-state index contributed by atoms with van der Waals surface area (Å²) in [5.74, 6) is -2.61. The minimum Gasteiger partial charge on any atom is -0.448 e. The van der Waals surface area contributed by atoms with Crippen molar-refractivity contribution in [3.63, 3.8) is 0 Å². The first-order valence-electron chi connectivity index (χ1n) is 7.50. The van der Waals surface area contributed by atoms with Crippen molar-refractivity contribution in [2.75, 3.05) is 5.32 Å². The molecule has 2 aromatic carbocycles. The van der Waals surface area contributed by atoms with Gasteiger partial charge in [0.15, 0.2) is 6.10 Å². The number of rotatable bonds is 4. The van der Waals surface area contributed by atoms with E-state index in [4.69, 9.17) is 16.3 Å². The molecule has 0 saturated heterocycles. The lowest BCUT2D eigenvalue weighted by Gasteiger charge is -2.13. The zero-order chi connectivity index (χ0) is 18.8. The number of ether oxygens (including phenoxy) is 1. The fourth-order valence-corrected chi connectivity index (χ4v) is 3.34. The van der Waals surface area contributed by atoms with Gasteiger partial charge in [0, 0.05) is 15.1 Å². The fraction of sp³-hybridized carbons (Fsp3) is 0.111. The molecule has 0 bridgehead atoms. The van der Waals surface area contributed by atoms with Gasteiger partial charge in [-0.05, 0) is 43.3 Å². The van der Waals surface area contributed by atoms with E-state index in [1.54, 1.807) is 12.1 Å². The van der Waals surface area contributed by atoms with E-state index in [0.29, 0.717) is 10.1 Å². The summed E-state index contributed by atoms with van der Waals surface area (Å²) in [6.07, 6.45) is -1.17. The van der Waals surface area contributed by atoms with Crippen molar-refractivity contribution in [2.45, 2.75) is 13.0 Å². The van der Waals surface area contributed by atoms with Gasteiger partial charge in [-0.15, -0.1) is 11.3 Å². The second-order valence-corrected chi connectivity index (χ2v) is 6.94. The highest BCUT2D eigenvalue weighted by atomic mass is 35.5. The molecule has 26 heavy (non-hydrogen) atoms. The Bertz CT molecular complexity index is 1010. The monoisotopic (exact) mass is 395 g/mol. The average Bonchev–Trinajstić information content (AvgIpc) is 3.03. The van der Waals surface area contributed by atoms with Gasteiger partial charge >= 0.3 is 5.97 Å². The zero-order valence-corrected chi connectivity index (χ0v) is 15.0. The Morgan fingerprint density at radius 1 is 1.15 bits per heavy atom. The van der Waals surface area contributed by atoms with E-state index < -0.39 is 29.6 Å². The summed E-state index contributed by atoms with van der Waals surface area (Å²) in [6.45, 7) is 1.36. The number of hydrogen-bond acceptors (Lipinski definition) is 4. The second kappa shape index (κ2) is 7.39. The van der Waals surface area contributed by atoms with Crippen LogP contribution in [0.1, 0.15) is 16.6 Å². The minimum atomic E-state index is -1.17. The SMILES string of the molecule is C[C@@H](OC(=O)c1cc2c(F)cccc2s1)C(=O)Nc1ccc(Cl)cc1F. The molecule has 0 spiro atoms. The normalized spacial score (nSPS) is 12.0. The van der Waals surface area contributed by atoms with E-state index in [0.717, 1.165) is 17.4 Å². The predicted molar refractivity (Wildman–Crippen MR) is 96.7 cm³/mol. The molecule has 0 radical (unpaired) electrons. The van der Waals surface area contributed by atoms with E-state index in [-0.39, 0.29) is 15.6 Å². The van der Waals surface area contributed by atoms with E-state index in [1.807, 2.05) is 0 Å². The van der Waals surface area contributed by atoms with Crippen LogP contribution in [0, 0.1) is 11.6 Å². The molecule has 134 valence electrons. The average molecular weight is 396 g/mol. The molecule has 0 aliphatic rings. The Labute approximate surface area is 156 Å². The maximum atomic E-state index is 13.7. The molecule has 3 rings (SSSR count). The number of amides is 1. The van der Waals surface area contributed by atoms with Crippen molar-refractivity contribution in [1.82, 2.24) is 0 Å². The number of esters is 1. The molecular weight excluding hydrogens is 384 g/mol. The van der Waals surface area contributed by atoms with Crippen molar-refractivity contribution in [3.8, 4) is 0 Å². The van der Waals surface area contributed by atoms with E-state index in [2.05, 4.69) is 5.32 Å². The summed E-state index contributed by atoms with van der Waals surface area (Å²) in [5.41, 5.74) is -0.0776. The second-order valence-electron chi connectivity index (χ2n) is 5.42. The maximum Gasteiger partial charge on any atom is 0.349 e. The van der Waals surface area contributed by atoms with Gasteiger partial charge in [-0.25, -0.2) is 13.6 Å². The summed E-state index contributed by atoms with van der Waals surface area (Å²) in [4.78, 5) is 24.5. The number of fused-ring (bicyclic) bond motifs is 1. The molecule has 4 nitrogen and oxygen atoms in total. The van der Waals surface area contributed by atoms with Crippen LogP contribution in [-0.2, 0) is 9.53 Å². The van der Waals surface area contributed by atoms with Gasteiger partial charge < -0.3 is 10.1 Å². The number of hydrogen-bond donors (Lipinski definition) is 1. The molecule has 0 aliphatic carbocycles. The molecule has 0 saturated carbocycles. The summed E-state index contributed by atoms with van der Waals surface area (Å²) in [6, 6.07) is 9.67. The van der Waals surface area contributed by atoms with Crippen LogP contribution in [-0.4, -0.2) is 18.0 Å². The van der Waals surface area contributed by atoms with Crippen LogP contribution in [0.2, 0.25) is 5.02 Å². The van der Waals surface area contributed by atoms with Gasteiger partial charge in [0.05, 0.1) is 5.69 Å². The summed E-state index contributed by atoms with van der Waals surface area (Å²) in [5, 5.41) is 2.82. The number of benzene rings is 2. The molecule has 1 atom stereocenters. The minimum absolute atomic E-state index is 0.0776.